The van der Waals surface area contributed by atoms with Crippen molar-refractivity contribution in [3.05, 3.63) is 0 Å². The van der Waals surface area contributed by atoms with Gasteiger partial charge < -0.3 is 15.3 Å². The topological polar surface area (TPSA) is 104 Å². The smallest absolute Gasteiger partial charge is 0.329 e. The Hall–Kier alpha value is -1.31. The fraction of sp³-hybridized carbons (Fsp3) is 0.846. The lowest BCUT2D eigenvalue weighted by atomic mass is 9.82. The van der Waals surface area contributed by atoms with Gasteiger partial charge in [0.15, 0.2) is 9.84 Å². The number of hydrogen-bond acceptors (Lipinski definition) is 4. The van der Waals surface area contributed by atoms with Crippen molar-refractivity contribution in [1.29, 1.82) is 0 Å². The minimum atomic E-state index is -3.10. The van der Waals surface area contributed by atoms with Crippen LogP contribution in [0.3, 0.4) is 0 Å². The van der Waals surface area contributed by atoms with Crippen molar-refractivity contribution in [2.45, 2.75) is 50.6 Å². The first-order valence-corrected chi connectivity index (χ1v) is 9.10. The molecule has 0 radical (unpaired) electrons. The van der Waals surface area contributed by atoms with Crippen molar-refractivity contribution in [3.63, 3.8) is 0 Å². The summed E-state index contributed by atoms with van der Waals surface area (Å²) >= 11 is 0. The molecule has 0 aromatic carbocycles. The number of urea groups is 1. The Morgan fingerprint density at radius 3 is 2.38 bits per heavy atom. The molecule has 0 bridgehead atoms. The molecule has 120 valence electrons. The molecule has 1 heterocycles. The summed E-state index contributed by atoms with van der Waals surface area (Å²) in [5.41, 5.74) is -1.20. The molecular formula is C13H22N2O5S. The van der Waals surface area contributed by atoms with Crippen LogP contribution in [0.1, 0.15) is 39.0 Å². The van der Waals surface area contributed by atoms with Gasteiger partial charge in [0.05, 0.1) is 11.5 Å². The Kier molecular flexibility index (Phi) is 4.46. The molecule has 1 unspecified atom stereocenters. The van der Waals surface area contributed by atoms with Crippen molar-refractivity contribution in [1.82, 2.24) is 10.2 Å². The van der Waals surface area contributed by atoms with Crippen molar-refractivity contribution in [2.75, 3.05) is 18.1 Å². The molecule has 7 nitrogen and oxygen atoms in total. The number of nitrogens with zero attached hydrogens (tertiary/aromatic N) is 1. The van der Waals surface area contributed by atoms with Crippen LogP contribution in [0.4, 0.5) is 4.79 Å². The van der Waals surface area contributed by atoms with Gasteiger partial charge in [-0.1, -0.05) is 19.3 Å². The summed E-state index contributed by atoms with van der Waals surface area (Å²) in [6, 6.07) is -0.903. The number of rotatable bonds is 2. The standard InChI is InChI=1S/C13H22N2O5S/c1-10-9-21(19,20)8-7-15(10)12(18)14-13(11(16)17)5-3-2-4-6-13/h10H,2-9H2,1H3,(H,14,18)(H,16,17). The average molecular weight is 318 g/mol. The number of aliphatic carboxylic acids is 1. The number of carbonyl (C=O) groups is 2. The molecule has 0 aromatic heterocycles. The molecule has 2 aliphatic rings. The Morgan fingerprint density at radius 1 is 1.24 bits per heavy atom. The molecular weight excluding hydrogens is 296 g/mol. The van der Waals surface area contributed by atoms with E-state index in [4.69, 9.17) is 0 Å². The second-order valence-electron chi connectivity index (χ2n) is 6.03. The Morgan fingerprint density at radius 2 is 1.86 bits per heavy atom. The third kappa shape index (κ3) is 3.48. The zero-order valence-corrected chi connectivity index (χ0v) is 13.0. The largest absolute Gasteiger partial charge is 0.480 e. The van der Waals surface area contributed by atoms with E-state index in [2.05, 4.69) is 5.32 Å². The molecule has 2 rings (SSSR count). The highest BCUT2D eigenvalue weighted by molar-refractivity contribution is 7.91. The second-order valence-corrected chi connectivity index (χ2v) is 8.26. The molecule has 0 spiro atoms. The van der Waals surface area contributed by atoms with Gasteiger partial charge in [-0.3, -0.25) is 0 Å². The summed E-state index contributed by atoms with van der Waals surface area (Å²) in [7, 11) is -3.10. The van der Waals surface area contributed by atoms with Crippen molar-refractivity contribution >= 4 is 21.8 Å². The first-order valence-electron chi connectivity index (χ1n) is 7.28. The maximum Gasteiger partial charge on any atom is 0.329 e. The molecule has 1 saturated heterocycles. The zero-order valence-electron chi connectivity index (χ0n) is 12.2. The maximum absolute atomic E-state index is 12.4. The predicted molar refractivity (Wildman–Crippen MR) is 76.8 cm³/mol. The van der Waals surface area contributed by atoms with Gasteiger partial charge in [-0.2, -0.15) is 0 Å². The summed E-state index contributed by atoms with van der Waals surface area (Å²) in [6.07, 6.45) is 3.37. The second kappa shape index (κ2) is 5.82. The van der Waals surface area contributed by atoms with E-state index in [-0.39, 0.29) is 18.1 Å². The van der Waals surface area contributed by atoms with E-state index in [1.807, 2.05) is 0 Å². The maximum atomic E-state index is 12.4. The first kappa shape index (κ1) is 16.1. The van der Waals surface area contributed by atoms with Crippen LogP contribution >= 0.6 is 0 Å². The summed E-state index contributed by atoms with van der Waals surface area (Å²) in [5.74, 6) is -1.14. The highest BCUT2D eigenvalue weighted by atomic mass is 32.2. The number of carboxylic acid groups (broad SMARTS) is 1. The van der Waals surface area contributed by atoms with Crippen LogP contribution in [-0.2, 0) is 14.6 Å². The van der Waals surface area contributed by atoms with Crippen LogP contribution in [0, 0.1) is 0 Å². The third-order valence-corrected chi connectivity index (χ3v) is 6.19. The van der Waals surface area contributed by atoms with Crippen LogP contribution in [0.15, 0.2) is 0 Å². The highest BCUT2D eigenvalue weighted by Gasteiger charge is 2.43. The van der Waals surface area contributed by atoms with Gasteiger partial charge in [0, 0.05) is 12.6 Å². The molecule has 21 heavy (non-hydrogen) atoms. The van der Waals surface area contributed by atoms with Crippen LogP contribution in [0.5, 0.6) is 0 Å². The van der Waals surface area contributed by atoms with Gasteiger partial charge in [-0.15, -0.1) is 0 Å². The number of sulfone groups is 1. The molecule has 8 heteroatoms. The van der Waals surface area contributed by atoms with E-state index in [1.165, 1.54) is 4.90 Å². The normalized spacial score (nSPS) is 27.9. The van der Waals surface area contributed by atoms with Gasteiger partial charge >= 0.3 is 12.0 Å². The lowest BCUT2D eigenvalue weighted by molar-refractivity contribution is -0.146. The molecule has 1 aliphatic carbocycles. The van der Waals surface area contributed by atoms with Crippen LogP contribution in [-0.4, -0.2) is 60.1 Å². The van der Waals surface area contributed by atoms with Crippen LogP contribution < -0.4 is 5.32 Å². The van der Waals surface area contributed by atoms with Crippen LogP contribution in [0.2, 0.25) is 0 Å². The van der Waals surface area contributed by atoms with Gasteiger partial charge in [-0.05, 0) is 19.8 Å². The SMILES string of the molecule is CC1CS(=O)(=O)CCN1C(=O)NC1(C(=O)O)CCCCC1. The summed E-state index contributed by atoms with van der Waals surface area (Å²) in [4.78, 5) is 25.3. The quantitative estimate of drug-likeness (QED) is 0.776. The van der Waals surface area contributed by atoms with Crippen LogP contribution in [0.25, 0.3) is 0 Å². The van der Waals surface area contributed by atoms with E-state index in [1.54, 1.807) is 6.92 Å². The minimum Gasteiger partial charge on any atom is -0.480 e. The van der Waals surface area contributed by atoms with E-state index in [0.29, 0.717) is 12.8 Å². The van der Waals surface area contributed by atoms with E-state index < -0.39 is 33.4 Å². The summed E-state index contributed by atoms with van der Waals surface area (Å²) in [6.45, 7) is 1.79. The highest BCUT2D eigenvalue weighted by Crippen LogP contribution is 2.29. The molecule has 2 amide bonds. The van der Waals surface area contributed by atoms with Crippen molar-refractivity contribution < 1.29 is 23.1 Å². The molecule has 2 fully saturated rings. The monoisotopic (exact) mass is 318 g/mol. The molecule has 1 saturated carbocycles. The van der Waals surface area contributed by atoms with Gasteiger partial charge in [-0.25, -0.2) is 18.0 Å². The van der Waals surface area contributed by atoms with Gasteiger partial charge in [0.1, 0.15) is 5.54 Å². The van der Waals surface area contributed by atoms with Crippen molar-refractivity contribution in [3.8, 4) is 0 Å². The van der Waals surface area contributed by atoms with Gasteiger partial charge in [0.25, 0.3) is 0 Å². The Bertz CT molecular complexity index is 525. The Balaban J connectivity index is 2.07. The van der Waals surface area contributed by atoms with E-state index in [9.17, 15) is 23.1 Å². The fourth-order valence-electron chi connectivity index (χ4n) is 3.12. The average Bonchev–Trinajstić information content (AvgIpc) is 2.38. The summed E-state index contributed by atoms with van der Waals surface area (Å²) in [5, 5.41) is 12.1. The van der Waals surface area contributed by atoms with Gasteiger partial charge in [0.2, 0.25) is 0 Å². The predicted octanol–water partition coefficient (Wildman–Crippen LogP) is 0.602. The number of carbonyl (C=O) groups excluding carboxylic acids is 1. The number of hydrogen-bond donors (Lipinski definition) is 2. The fourth-order valence-corrected chi connectivity index (χ4v) is 4.68. The summed E-state index contributed by atoms with van der Waals surface area (Å²) < 4.78 is 23.1. The number of nitrogens with one attached hydrogen (secondary N) is 1. The minimum absolute atomic E-state index is 0.0647. The molecule has 1 aliphatic heterocycles. The zero-order chi connectivity index (χ0) is 15.7. The lowest BCUT2D eigenvalue weighted by Gasteiger charge is -2.39. The lowest BCUT2D eigenvalue weighted by Crippen LogP contribution is -2.62. The van der Waals surface area contributed by atoms with E-state index >= 15 is 0 Å². The number of amides is 2. The first-order chi connectivity index (χ1) is 9.76. The molecule has 0 aromatic rings. The van der Waals surface area contributed by atoms with Crippen molar-refractivity contribution in [2.24, 2.45) is 0 Å². The molecule has 1 atom stereocenters. The number of carboxylic acids is 1. The molecule has 2 N–H and O–H groups in total. The van der Waals surface area contributed by atoms with E-state index in [0.717, 1.165) is 19.3 Å². The third-order valence-electron chi connectivity index (χ3n) is 4.39. The Labute approximate surface area is 124 Å².